The van der Waals surface area contributed by atoms with E-state index in [1.54, 1.807) is 49.4 Å². The van der Waals surface area contributed by atoms with Crippen LogP contribution in [-0.4, -0.2) is 17.7 Å². The Morgan fingerprint density at radius 1 is 0.824 bits per heavy atom. The number of hydrogen-bond acceptors (Lipinski definition) is 4. The van der Waals surface area contributed by atoms with Crippen molar-refractivity contribution < 1.29 is 14.4 Å². The highest BCUT2D eigenvalue weighted by Gasteiger charge is 2.39. The van der Waals surface area contributed by atoms with E-state index >= 15 is 0 Å². The molecule has 0 aromatic heterocycles. The summed E-state index contributed by atoms with van der Waals surface area (Å²) in [4.78, 5) is 39.7. The fourth-order valence-corrected chi connectivity index (χ4v) is 4.18. The van der Waals surface area contributed by atoms with Crippen LogP contribution in [0.25, 0.3) is 0 Å². The third kappa shape index (κ3) is 4.55. The Kier molecular flexibility index (Phi) is 6.46. The summed E-state index contributed by atoms with van der Waals surface area (Å²) >= 11 is 12.4. The number of nitrogens with one attached hydrogen (secondary N) is 2. The molecule has 0 atom stereocenters. The van der Waals surface area contributed by atoms with Crippen LogP contribution in [0.3, 0.4) is 0 Å². The monoisotopic (exact) mass is 493 g/mol. The summed E-state index contributed by atoms with van der Waals surface area (Å²) in [6.07, 6.45) is 0. The van der Waals surface area contributed by atoms with Gasteiger partial charge >= 0.3 is 0 Å². The highest BCUT2D eigenvalue weighted by Crippen LogP contribution is 2.34. The Balaban J connectivity index is 1.56. The number of carbonyl (C=O) groups excluding carboxylic acids is 3. The summed E-state index contributed by atoms with van der Waals surface area (Å²) in [7, 11) is 0. The molecule has 3 aromatic rings. The highest BCUT2D eigenvalue weighted by atomic mass is 35.5. The molecule has 3 aromatic carbocycles. The lowest BCUT2D eigenvalue weighted by Crippen LogP contribution is -2.32. The number of rotatable bonds is 5. The molecule has 3 amide bonds. The number of halogens is 2. The molecule has 0 radical (unpaired) electrons. The van der Waals surface area contributed by atoms with Gasteiger partial charge in [0, 0.05) is 22.0 Å². The van der Waals surface area contributed by atoms with Crippen molar-refractivity contribution in [2.75, 3.05) is 15.5 Å². The van der Waals surface area contributed by atoms with Gasteiger partial charge in [0.05, 0.1) is 5.69 Å². The van der Waals surface area contributed by atoms with Crippen molar-refractivity contribution >= 4 is 58.0 Å². The van der Waals surface area contributed by atoms with Gasteiger partial charge in [-0.05, 0) is 79.9 Å². The molecule has 0 saturated carbocycles. The summed E-state index contributed by atoms with van der Waals surface area (Å²) < 4.78 is 0. The maximum absolute atomic E-state index is 13.1. The van der Waals surface area contributed by atoms with Crippen molar-refractivity contribution in [2.45, 2.75) is 20.8 Å². The number of imide groups is 1. The van der Waals surface area contributed by atoms with E-state index in [2.05, 4.69) is 10.6 Å². The van der Waals surface area contributed by atoms with Crippen LogP contribution < -0.4 is 15.5 Å². The molecule has 6 nitrogen and oxygen atoms in total. The molecule has 0 bridgehead atoms. The number of hydrogen-bond donors (Lipinski definition) is 2. The molecule has 1 aliphatic rings. The van der Waals surface area contributed by atoms with Crippen LogP contribution in [0.4, 0.5) is 17.1 Å². The zero-order chi connectivity index (χ0) is 24.6. The number of amides is 3. The predicted octanol–water partition coefficient (Wildman–Crippen LogP) is 5.95. The summed E-state index contributed by atoms with van der Waals surface area (Å²) in [5.74, 6) is -1.56. The molecule has 0 fully saturated rings. The molecule has 1 aliphatic heterocycles. The van der Waals surface area contributed by atoms with Gasteiger partial charge in [0.25, 0.3) is 17.7 Å². The van der Waals surface area contributed by atoms with Gasteiger partial charge in [0.1, 0.15) is 10.7 Å². The van der Waals surface area contributed by atoms with Crippen LogP contribution in [0.2, 0.25) is 5.02 Å². The molecule has 2 N–H and O–H groups in total. The topological polar surface area (TPSA) is 78.5 Å². The maximum atomic E-state index is 13.1. The lowest BCUT2D eigenvalue weighted by Gasteiger charge is -2.18. The molecule has 34 heavy (non-hydrogen) atoms. The summed E-state index contributed by atoms with van der Waals surface area (Å²) in [6, 6.07) is 17.3. The van der Waals surface area contributed by atoms with Crippen molar-refractivity contribution in [3.05, 3.63) is 98.7 Å². The van der Waals surface area contributed by atoms with E-state index in [1.165, 1.54) is 0 Å². The Bertz CT molecular complexity index is 1360. The smallest absolute Gasteiger partial charge is 0.283 e. The summed E-state index contributed by atoms with van der Waals surface area (Å²) in [5, 5.41) is 5.97. The Morgan fingerprint density at radius 3 is 2.21 bits per heavy atom. The van der Waals surface area contributed by atoms with Crippen molar-refractivity contribution in [2.24, 2.45) is 0 Å². The zero-order valence-corrected chi connectivity index (χ0v) is 20.2. The molecule has 0 aliphatic carbocycles. The first kappa shape index (κ1) is 23.5. The second-order valence-corrected chi connectivity index (χ2v) is 8.84. The number of benzene rings is 3. The van der Waals surface area contributed by atoms with E-state index in [-0.39, 0.29) is 16.6 Å². The average molecular weight is 494 g/mol. The predicted molar refractivity (Wildman–Crippen MR) is 135 cm³/mol. The summed E-state index contributed by atoms with van der Waals surface area (Å²) in [5.41, 5.74) is 4.45. The van der Waals surface area contributed by atoms with E-state index < -0.39 is 11.8 Å². The van der Waals surface area contributed by atoms with Crippen LogP contribution in [0, 0.1) is 20.8 Å². The van der Waals surface area contributed by atoms with Gasteiger partial charge < -0.3 is 10.6 Å². The van der Waals surface area contributed by atoms with Crippen molar-refractivity contribution in [3.63, 3.8) is 0 Å². The molecule has 0 spiro atoms. The number of carbonyl (C=O) groups is 3. The average Bonchev–Trinajstić information content (AvgIpc) is 2.98. The second kappa shape index (κ2) is 9.33. The van der Waals surface area contributed by atoms with Crippen LogP contribution >= 0.6 is 23.2 Å². The third-order valence-corrected chi connectivity index (χ3v) is 6.14. The SMILES string of the molecule is Cc1cc(C)cc(NC(=O)c2cccc(NC3=C(Cl)C(=O)N(c4cccc(Cl)c4C)C3=O)c2)c1. The van der Waals surface area contributed by atoms with Crippen molar-refractivity contribution in [1.82, 2.24) is 0 Å². The van der Waals surface area contributed by atoms with Gasteiger partial charge in [0.2, 0.25) is 0 Å². The molecule has 172 valence electrons. The molecule has 0 saturated heterocycles. The van der Waals surface area contributed by atoms with Crippen LogP contribution in [0.1, 0.15) is 27.0 Å². The standard InChI is InChI=1S/C26H21Cl2N3O3/c1-14-10-15(2)12-19(11-14)30-24(32)17-6-4-7-18(13-17)29-23-22(28)25(33)31(26(23)34)21-9-5-8-20(27)16(21)3/h4-13,29H,1-3H3,(H,30,32). The van der Waals surface area contributed by atoms with Gasteiger partial charge in [-0.1, -0.05) is 41.4 Å². The Hall–Kier alpha value is -3.61. The Morgan fingerprint density at radius 2 is 1.50 bits per heavy atom. The zero-order valence-electron chi connectivity index (χ0n) is 18.7. The van der Waals surface area contributed by atoms with E-state index in [4.69, 9.17) is 23.2 Å². The molecule has 0 unspecified atom stereocenters. The fourth-order valence-electron chi connectivity index (χ4n) is 3.80. The first-order chi connectivity index (χ1) is 16.2. The number of anilines is 3. The lowest BCUT2D eigenvalue weighted by molar-refractivity contribution is -0.120. The first-order valence-electron chi connectivity index (χ1n) is 10.5. The largest absolute Gasteiger partial charge is 0.350 e. The highest BCUT2D eigenvalue weighted by molar-refractivity contribution is 6.53. The van der Waals surface area contributed by atoms with E-state index in [1.807, 2.05) is 32.0 Å². The minimum atomic E-state index is -0.650. The Labute approximate surface area is 207 Å². The van der Waals surface area contributed by atoms with Crippen LogP contribution in [-0.2, 0) is 9.59 Å². The number of nitrogens with zero attached hydrogens (tertiary/aromatic N) is 1. The van der Waals surface area contributed by atoms with Gasteiger partial charge in [-0.3, -0.25) is 14.4 Å². The van der Waals surface area contributed by atoms with Crippen LogP contribution in [0.15, 0.2) is 71.4 Å². The molecular formula is C26H21Cl2N3O3. The van der Waals surface area contributed by atoms with Gasteiger partial charge in [-0.25, -0.2) is 4.90 Å². The maximum Gasteiger partial charge on any atom is 0.283 e. The second-order valence-electron chi connectivity index (χ2n) is 8.05. The van der Waals surface area contributed by atoms with E-state index in [9.17, 15) is 14.4 Å². The first-order valence-corrected chi connectivity index (χ1v) is 11.2. The third-order valence-electron chi connectivity index (χ3n) is 5.38. The van der Waals surface area contributed by atoms with Gasteiger partial charge in [0.15, 0.2) is 0 Å². The van der Waals surface area contributed by atoms with E-state index in [0.29, 0.717) is 33.2 Å². The molecule has 8 heteroatoms. The quantitative estimate of drug-likeness (QED) is 0.430. The normalized spacial score (nSPS) is 13.5. The minimum Gasteiger partial charge on any atom is -0.350 e. The molecular weight excluding hydrogens is 473 g/mol. The fraction of sp³-hybridized carbons (Fsp3) is 0.115. The van der Waals surface area contributed by atoms with Crippen molar-refractivity contribution in [1.29, 1.82) is 0 Å². The van der Waals surface area contributed by atoms with Gasteiger partial charge in [-0.2, -0.15) is 0 Å². The molecule has 4 rings (SSSR count). The lowest BCUT2D eigenvalue weighted by atomic mass is 10.1. The molecule has 1 heterocycles. The van der Waals surface area contributed by atoms with Crippen LogP contribution in [0.5, 0.6) is 0 Å². The van der Waals surface area contributed by atoms with Gasteiger partial charge in [-0.15, -0.1) is 0 Å². The van der Waals surface area contributed by atoms with E-state index in [0.717, 1.165) is 16.0 Å². The van der Waals surface area contributed by atoms with Crippen molar-refractivity contribution in [3.8, 4) is 0 Å². The summed E-state index contributed by atoms with van der Waals surface area (Å²) in [6.45, 7) is 5.63. The minimum absolute atomic E-state index is 0.0714. The number of aryl methyl sites for hydroxylation is 2.